The number of methoxy groups -OCH3 is 1. The summed E-state index contributed by atoms with van der Waals surface area (Å²) in [6.07, 6.45) is 0.775. The van der Waals surface area contributed by atoms with Crippen LogP contribution in [0.25, 0.3) is 10.8 Å². The van der Waals surface area contributed by atoms with Gasteiger partial charge in [-0.15, -0.1) is 0 Å². The Bertz CT molecular complexity index is 916. The summed E-state index contributed by atoms with van der Waals surface area (Å²) < 4.78 is 5.53. The first-order chi connectivity index (χ1) is 13.3. The summed E-state index contributed by atoms with van der Waals surface area (Å²) in [7, 11) is 1.73. The largest absolute Gasteiger partial charge is 0.496 e. The van der Waals surface area contributed by atoms with E-state index in [1.807, 2.05) is 12.1 Å². The maximum Gasteiger partial charge on any atom is 0.136 e. The number of likely N-dealkylation sites (N-methyl/N-ethyl adjacent to an activating group) is 1. The first-order valence-corrected chi connectivity index (χ1v) is 9.76. The number of aromatic nitrogens is 1. The van der Waals surface area contributed by atoms with Crippen LogP contribution in [0.3, 0.4) is 0 Å². The molecule has 27 heavy (non-hydrogen) atoms. The summed E-state index contributed by atoms with van der Waals surface area (Å²) >= 11 is 0. The fraction of sp³-hybridized carbons (Fsp3) is 0.348. The van der Waals surface area contributed by atoms with Crippen molar-refractivity contribution in [3.05, 3.63) is 65.9 Å². The minimum atomic E-state index is 0.775. The lowest BCUT2D eigenvalue weighted by molar-refractivity contribution is 0.270. The Morgan fingerprint density at radius 3 is 2.48 bits per heavy atom. The number of anilines is 1. The molecule has 0 amide bonds. The maximum atomic E-state index is 5.53. The summed E-state index contributed by atoms with van der Waals surface area (Å²) in [6, 6.07) is 19.0. The van der Waals surface area contributed by atoms with Crippen LogP contribution in [0.2, 0.25) is 0 Å². The van der Waals surface area contributed by atoms with Crippen molar-refractivity contribution in [2.45, 2.75) is 13.3 Å². The summed E-state index contributed by atoms with van der Waals surface area (Å²) in [5, 5.41) is 2.50. The van der Waals surface area contributed by atoms with E-state index >= 15 is 0 Å². The molecule has 140 valence electrons. The molecule has 0 bridgehead atoms. The predicted molar refractivity (Wildman–Crippen MR) is 112 cm³/mol. The van der Waals surface area contributed by atoms with E-state index in [0.29, 0.717) is 0 Å². The van der Waals surface area contributed by atoms with Crippen molar-refractivity contribution in [1.29, 1.82) is 0 Å². The van der Waals surface area contributed by atoms with Gasteiger partial charge in [-0.05, 0) is 24.1 Å². The van der Waals surface area contributed by atoms with Crippen molar-refractivity contribution in [1.82, 2.24) is 9.88 Å². The lowest BCUT2D eigenvalue weighted by Crippen LogP contribution is -2.46. The van der Waals surface area contributed by atoms with E-state index in [2.05, 4.69) is 59.2 Å². The van der Waals surface area contributed by atoms with Crippen molar-refractivity contribution < 1.29 is 4.74 Å². The lowest BCUT2D eigenvalue weighted by Gasteiger charge is -2.35. The van der Waals surface area contributed by atoms with E-state index in [0.717, 1.165) is 56.4 Å². The minimum Gasteiger partial charge on any atom is -0.496 e. The number of fused-ring (bicyclic) bond motifs is 1. The van der Waals surface area contributed by atoms with Crippen LogP contribution < -0.4 is 9.64 Å². The SMILES string of the molecule is CCN1CCN(c2nc(Cc3ccccc3OC)cc3ccccc23)CC1. The number of rotatable bonds is 5. The van der Waals surface area contributed by atoms with Gasteiger partial charge in [-0.3, -0.25) is 0 Å². The summed E-state index contributed by atoms with van der Waals surface area (Å²) in [5.41, 5.74) is 2.26. The number of para-hydroxylation sites is 1. The van der Waals surface area contributed by atoms with Crippen LogP contribution in [0.5, 0.6) is 5.75 Å². The number of piperazine rings is 1. The first kappa shape index (κ1) is 17.8. The van der Waals surface area contributed by atoms with Crippen LogP contribution in [-0.2, 0) is 6.42 Å². The van der Waals surface area contributed by atoms with Gasteiger partial charge in [0.05, 0.1) is 7.11 Å². The Morgan fingerprint density at radius 2 is 1.70 bits per heavy atom. The van der Waals surface area contributed by atoms with Crippen LogP contribution in [0.15, 0.2) is 54.6 Å². The standard InChI is InChI=1S/C23H27N3O/c1-3-25-12-14-26(15-13-25)23-21-10-6-4-8-18(21)16-20(24-23)17-19-9-5-7-11-22(19)27-2/h4-11,16H,3,12-15,17H2,1-2H3. The molecule has 0 aliphatic carbocycles. The highest BCUT2D eigenvalue weighted by atomic mass is 16.5. The third-order valence-electron chi connectivity index (χ3n) is 5.46. The van der Waals surface area contributed by atoms with Crippen molar-refractivity contribution in [2.24, 2.45) is 0 Å². The van der Waals surface area contributed by atoms with E-state index in [1.54, 1.807) is 7.11 Å². The second-order valence-corrected chi connectivity index (χ2v) is 7.07. The van der Waals surface area contributed by atoms with Gasteiger partial charge in [0.15, 0.2) is 0 Å². The van der Waals surface area contributed by atoms with E-state index < -0.39 is 0 Å². The molecule has 1 fully saturated rings. The summed E-state index contributed by atoms with van der Waals surface area (Å²) in [6.45, 7) is 7.62. The van der Waals surface area contributed by atoms with Crippen LogP contribution in [0.1, 0.15) is 18.2 Å². The first-order valence-electron chi connectivity index (χ1n) is 9.76. The molecule has 4 nitrogen and oxygen atoms in total. The summed E-state index contributed by atoms with van der Waals surface area (Å²) in [5.74, 6) is 2.04. The molecule has 0 saturated carbocycles. The number of hydrogen-bond donors (Lipinski definition) is 0. The van der Waals surface area contributed by atoms with Crippen molar-refractivity contribution in [3.63, 3.8) is 0 Å². The van der Waals surface area contributed by atoms with Gasteiger partial charge >= 0.3 is 0 Å². The average molecular weight is 361 g/mol. The molecule has 2 heterocycles. The molecule has 4 rings (SSSR count). The van der Waals surface area contributed by atoms with Gasteiger partial charge < -0.3 is 14.5 Å². The molecule has 0 spiro atoms. The molecule has 1 aliphatic rings. The Labute approximate surface area is 161 Å². The van der Waals surface area contributed by atoms with Crippen LogP contribution in [0.4, 0.5) is 5.82 Å². The molecule has 2 aromatic carbocycles. The fourth-order valence-corrected chi connectivity index (χ4v) is 3.89. The molecule has 3 aromatic rings. The van der Waals surface area contributed by atoms with E-state index in [-0.39, 0.29) is 0 Å². The second kappa shape index (κ2) is 7.97. The molecular formula is C23H27N3O. The van der Waals surface area contributed by atoms with E-state index in [9.17, 15) is 0 Å². The second-order valence-electron chi connectivity index (χ2n) is 7.07. The van der Waals surface area contributed by atoms with Crippen LogP contribution in [-0.4, -0.2) is 49.7 Å². The topological polar surface area (TPSA) is 28.6 Å². The highest BCUT2D eigenvalue weighted by molar-refractivity contribution is 5.92. The molecule has 1 aliphatic heterocycles. The molecule has 0 atom stereocenters. The van der Waals surface area contributed by atoms with Crippen LogP contribution in [0, 0.1) is 0 Å². The fourth-order valence-electron chi connectivity index (χ4n) is 3.89. The molecule has 1 saturated heterocycles. The Balaban J connectivity index is 1.70. The average Bonchev–Trinajstić information content (AvgIpc) is 2.73. The zero-order chi connectivity index (χ0) is 18.6. The Kier molecular flexibility index (Phi) is 5.26. The van der Waals surface area contributed by atoms with Gasteiger partial charge in [-0.1, -0.05) is 49.4 Å². The summed E-state index contributed by atoms with van der Waals surface area (Å²) in [4.78, 5) is 10.0. The number of benzene rings is 2. The molecule has 0 N–H and O–H groups in total. The lowest BCUT2D eigenvalue weighted by atomic mass is 10.0. The molecular weight excluding hydrogens is 334 g/mol. The Hall–Kier alpha value is -2.59. The van der Waals surface area contributed by atoms with E-state index in [4.69, 9.17) is 9.72 Å². The normalized spacial score (nSPS) is 15.3. The number of pyridine rings is 1. The zero-order valence-electron chi connectivity index (χ0n) is 16.2. The van der Waals surface area contributed by atoms with Gasteiger partial charge in [0.1, 0.15) is 11.6 Å². The minimum absolute atomic E-state index is 0.775. The van der Waals surface area contributed by atoms with Crippen molar-refractivity contribution >= 4 is 16.6 Å². The molecule has 0 unspecified atom stereocenters. The third-order valence-corrected chi connectivity index (χ3v) is 5.46. The number of ether oxygens (including phenoxy) is 1. The highest BCUT2D eigenvalue weighted by Crippen LogP contribution is 2.29. The van der Waals surface area contributed by atoms with Gasteiger partial charge in [0.25, 0.3) is 0 Å². The molecule has 0 radical (unpaired) electrons. The van der Waals surface area contributed by atoms with E-state index in [1.165, 1.54) is 16.3 Å². The highest BCUT2D eigenvalue weighted by Gasteiger charge is 2.19. The van der Waals surface area contributed by atoms with Crippen LogP contribution >= 0.6 is 0 Å². The van der Waals surface area contributed by atoms with Gasteiger partial charge in [-0.25, -0.2) is 4.98 Å². The Morgan fingerprint density at radius 1 is 0.963 bits per heavy atom. The van der Waals surface area contributed by atoms with Gasteiger partial charge in [-0.2, -0.15) is 0 Å². The van der Waals surface area contributed by atoms with Crippen molar-refractivity contribution in [2.75, 3.05) is 44.7 Å². The molecule has 4 heteroatoms. The zero-order valence-corrected chi connectivity index (χ0v) is 16.2. The monoisotopic (exact) mass is 361 g/mol. The van der Waals surface area contributed by atoms with Crippen molar-refractivity contribution in [3.8, 4) is 5.75 Å². The number of hydrogen-bond acceptors (Lipinski definition) is 4. The smallest absolute Gasteiger partial charge is 0.136 e. The quantitative estimate of drug-likeness (QED) is 0.687. The van der Waals surface area contributed by atoms with Gasteiger partial charge in [0.2, 0.25) is 0 Å². The predicted octanol–water partition coefficient (Wildman–Crippen LogP) is 3.98. The van der Waals surface area contributed by atoms with Gasteiger partial charge in [0, 0.05) is 49.2 Å². The number of nitrogens with zero attached hydrogens (tertiary/aromatic N) is 3. The third kappa shape index (κ3) is 3.76. The molecule has 1 aromatic heterocycles. The maximum absolute atomic E-state index is 5.53.